The number of nitrogens with zero attached hydrogens (tertiary/aromatic N) is 2. The van der Waals surface area contributed by atoms with Crippen LogP contribution in [0, 0.1) is 0 Å². The van der Waals surface area contributed by atoms with Gasteiger partial charge < -0.3 is 9.59 Å². The smallest absolute Gasteiger partial charge is 0.150 e. The van der Waals surface area contributed by atoms with E-state index in [1.165, 1.54) is 11.1 Å². The fourth-order valence-electron chi connectivity index (χ4n) is 2.73. The number of carbonyl (C=O) groups excluding carboxylic acids is 2. The van der Waals surface area contributed by atoms with Gasteiger partial charge in [0.25, 0.3) is 0 Å². The maximum Gasteiger partial charge on any atom is 0.150 e. The third-order valence-corrected chi connectivity index (χ3v) is 4.15. The average Bonchev–Trinajstić information content (AvgIpc) is 3.50. The van der Waals surface area contributed by atoms with Crippen molar-refractivity contribution >= 4 is 24.0 Å². The summed E-state index contributed by atoms with van der Waals surface area (Å²) in [5.41, 5.74) is 6.22. The standard InChI is InChI=1S/C19H14N2O2/c22-10-16-18(20-16)14-5-1-12(2-6-14)9-13-3-7-15(8-4-13)19-17(11-23)21-19/h1-8,10-11,16-17H,9H2. The highest BCUT2D eigenvalue weighted by Gasteiger charge is 2.28. The number of rotatable bonds is 6. The molecule has 0 aliphatic carbocycles. The van der Waals surface area contributed by atoms with Crippen molar-refractivity contribution in [1.82, 2.24) is 0 Å². The van der Waals surface area contributed by atoms with Crippen LogP contribution in [0.5, 0.6) is 0 Å². The predicted octanol–water partition coefficient (Wildman–Crippen LogP) is 2.02. The van der Waals surface area contributed by atoms with Crippen LogP contribution in [0.4, 0.5) is 0 Å². The van der Waals surface area contributed by atoms with Gasteiger partial charge in [-0.05, 0) is 28.7 Å². The summed E-state index contributed by atoms with van der Waals surface area (Å²) in [7, 11) is 0. The second-order valence-corrected chi connectivity index (χ2v) is 5.76. The molecule has 0 N–H and O–H groups in total. The highest BCUT2D eigenvalue weighted by atomic mass is 16.1. The van der Waals surface area contributed by atoms with Crippen LogP contribution < -0.4 is 0 Å². The molecule has 2 unspecified atom stereocenters. The van der Waals surface area contributed by atoms with Gasteiger partial charge in [0, 0.05) is 0 Å². The van der Waals surface area contributed by atoms with Gasteiger partial charge in [-0.15, -0.1) is 0 Å². The lowest BCUT2D eigenvalue weighted by atomic mass is 10.0. The van der Waals surface area contributed by atoms with Crippen LogP contribution in [0.1, 0.15) is 22.3 Å². The summed E-state index contributed by atoms with van der Waals surface area (Å²) in [6.07, 6.45) is 2.57. The van der Waals surface area contributed by atoms with Crippen molar-refractivity contribution in [2.75, 3.05) is 0 Å². The van der Waals surface area contributed by atoms with Gasteiger partial charge in [0.05, 0.1) is 11.4 Å². The molecule has 2 aromatic rings. The summed E-state index contributed by atoms with van der Waals surface area (Å²) in [6, 6.07) is 15.9. The van der Waals surface area contributed by atoms with Crippen molar-refractivity contribution in [3.8, 4) is 0 Å². The molecule has 0 saturated heterocycles. The topological polar surface area (TPSA) is 58.9 Å². The van der Waals surface area contributed by atoms with Crippen molar-refractivity contribution in [1.29, 1.82) is 0 Å². The van der Waals surface area contributed by atoms with Crippen LogP contribution in [0.15, 0.2) is 58.5 Å². The summed E-state index contributed by atoms with van der Waals surface area (Å²) in [4.78, 5) is 29.5. The molecule has 4 rings (SSSR count). The summed E-state index contributed by atoms with van der Waals surface area (Å²) < 4.78 is 0. The highest BCUT2D eigenvalue weighted by molar-refractivity contribution is 6.22. The predicted molar refractivity (Wildman–Crippen MR) is 88.5 cm³/mol. The summed E-state index contributed by atoms with van der Waals surface area (Å²) >= 11 is 0. The normalized spacial score (nSPS) is 21.2. The first-order valence-corrected chi connectivity index (χ1v) is 7.53. The molecule has 0 bridgehead atoms. The van der Waals surface area contributed by atoms with Gasteiger partial charge >= 0.3 is 0 Å². The van der Waals surface area contributed by atoms with E-state index in [1.54, 1.807) is 0 Å². The Labute approximate surface area is 133 Å². The Morgan fingerprint density at radius 3 is 1.39 bits per heavy atom. The number of benzene rings is 2. The average molecular weight is 302 g/mol. The summed E-state index contributed by atoms with van der Waals surface area (Å²) in [5, 5.41) is 0. The molecule has 4 heteroatoms. The molecule has 0 radical (unpaired) electrons. The van der Waals surface area contributed by atoms with Crippen LogP contribution in [0.2, 0.25) is 0 Å². The van der Waals surface area contributed by atoms with E-state index in [1.807, 2.05) is 24.3 Å². The van der Waals surface area contributed by atoms with Gasteiger partial charge in [-0.2, -0.15) is 0 Å². The molecule has 2 heterocycles. The molecule has 0 amide bonds. The number of hydrogen-bond donors (Lipinski definition) is 0. The Morgan fingerprint density at radius 2 is 1.09 bits per heavy atom. The van der Waals surface area contributed by atoms with Gasteiger partial charge in [0.15, 0.2) is 12.6 Å². The molecule has 2 aliphatic rings. The third-order valence-electron chi connectivity index (χ3n) is 4.15. The van der Waals surface area contributed by atoms with Gasteiger partial charge in [-0.25, -0.2) is 0 Å². The molecule has 2 atom stereocenters. The lowest BCUT2D eigenvalue weighted by molar-refractivity contribution is -0.107. The van der Waals surface area contributed by atoms with Gasteiger partial charge in [0.1, 0.15) is 12.1 Å². The van der Waals surface area contributed by atoms with E-state index in [9.17, 15) is 9.59 Å². The molecule has 0 fully saturated rings. The third kappa shape index (κ3) is 2.75. The van der Waals surface area contributed by atoms with Gasteiger partial charge in [0.2, 0.25) is 0 Å². The molecule has 0 aromatic heterocycles. The molecule has 112 valence electrons. The maximum atomic E-state index is 10.6. The van der Waals surface area contributed by atoms with Crippen LogP contribution in [0.3, 0.4) is 0 Å². The monoisotopic (exact) mass is 302 g/mol. The number of hydrogen-bond acceptors (Lipinski definition) is 4. The fraction of sp³-hybridized carbons (Fsp3) is 0.158. The Balaban J connectivity index is 1.42. The zero-order valence-corrected chi connectivity index (χ0v) is 12.3. The lowest BCUT2D eigenvalue weighted by Gasteiger charge is -2.04. The molecule has 4 nitrogen and oxygen atoms in total. The number of aldehydes is 2. The second kappa shape index (κ2) is 5.39. The van der Waals surface area contributed by atoms with Crippen LogP contribution in [-0.2, 0) is 16.0 Å². The SMILES string of the molecule is O=CC1N=C1c1ccc(Cc2ccc(C3=NC3C=O)cc2)cc1. The van der Waals surface area contributed by atoms with E-state index in [0.29, 0.717) is 0 Å². The molecular weight excluding hydrogens is 288 g/mol. The van der Waals surface area contributed by atoms with Crippen molar-refractivity contribution in [2.24, 2.45) is 9.98 Å². The van der Waals surface area contributed by atoms with E-state index < -0.39 is 0 Å². The van der Waals surface area contributed by atoms with E-state index >= 15 is 0 Å². The van der Waals surface area contributed by atoms with E-state index in [4.69, 9.17) is 0 Å². The minimum atomic E-state index is -0.228. The lowest BCUT2D eigenvalue weighted by Crippen LogP contribution is -2.01. The summed E-state index contributed by atoms with van der Waals surface area (Å²) in [6.45, 7) is 0. The Hall–Kier alpha value is -2.88. The van der Waals surface area contributed by atoms with Crippen LogP contribution >= 0.6 is 0 Å². The molecule has 2 aromatic carbocycles. The highest BCUT2D eigenvalue weighted by Crippen LogP contribution is 2.21. The number of aliphatic imine (C=N–C) groups is 2. The molecule has 2 aliphatic heterocycles. The van der Waals surface area contributed by atoms with Gasteiger partial charge in [-0.3, -0.25) is 9.98 Å². The minimum absolute atomic E-state index is 0.228. The zero-order valence-electron chi connectivity index (χ0n) is 12.3. The van der Waals surface area contributed by atoms with Crippen molar-refractivity contribution < 1.29 is 9.59 Å². The van der Waals surface area contributed by atoms with E-state index in [2.05, 4.69) is 34.3 Å². The Morgan fingerprint density at radius 1 is 0.696 bits per heavy atom. The molecular formula is C19H14N2O2. The first-order valence-electron chi connectivity index (χ1n) is 7.53. The molecule has 23 heavy (non-hydrogen) atoms. The van der Waals surface area contributed by atoms with Crippen molar-refractivity contribution in [3.63, 3.8) is 0 Å². The quantitative estimate of drug-likeness (QED) is 0.766. The second-order valence-electron chi connectivity index (χ2n) is 5.76. The molecule has 0 spiro atoms. The molecule has 0 saturated carbocycles. The van der Waals surface area contributed by atoms with E-state index in [-0.39, 0.29) is 12.1 Å². The van der Waals surface area contributed by atoms with Gasteiger partial charge in [-0.1, -0.05) is 48.5 Å². The number of carbonyl (C=O) groups is 2. The van der Waals surface area contributed by atoms with E-state index in [0.717, 1.165) is 41.5 Å². The maximum absolute atomic E-state index is 10.6. The Kier molecular flexibility index (Phi) is 3.23. The zero-order chi connectivity index (χ0) is 15.8. The largest absolute Gasteiger partial charge is 0.301 e. The fourth-order valence-corrected chi connectivity index (χ4v) is 2.73. The minimum Gasteiger partial charge on any atom is -0.301 e. The van der Waals surface area contributed by atoms with Crippen molar-refractivity contribution in [2.45, 2.75) is 18.5 Å². The van der Waals surface area contributed by atoms with Crippen LogP contribution in [-0.4, -0.2) is 36.1 Å². The first kappa shape index (κ1) is 13.8. The first-order chi connectivity index (χ1) is 11.3. The summed E-state index contributed by atoms with van der Waals surface area (Å²) in [5.74, 6) is 0. The van der Waals surface area contributed by atoms with Crippen molar-refractivity contribution in [3.05, 3.63) is 70.8 Å². The Bertz CT molecular complexity index is 761. The van der Waals surface area contributed by atoms with Crippen LogP contribution in [0.25, 0.3) is 0 Å².